The predicted octanol–water partition coefficient (Wildman–Crippen LogP) is 3.60. The van der Waals surface area contributed by atoms with Gasteiger partial charge in [0.1, 0.15) is 23.1 Å². The fraction of sp³-hybridized carbons (Fsp3) is 0.294. The van der Waals surface area contributed by atoms with E-state index in [2.05, 4.69) is 0 Å². The lowest BCUT2D eigenvalue weighted by atomic mass is 10.1. The molecule has 0 radical (unpaired) electrons. The third-order valence-corrected chi connectivity index (χ3v) is 5.56. The zero-order valence-electron chi connectivity index (χ0n) is 13.6. The molecule has 1 aliphatic carbocycles. The van der Waals surface area contributed by atoms with Gasteiger partial charge in [-0.2, -0.15) is 8.78 Å². The van der Waals surface area contributed by atoms with E-state index in [0.29, 0.717) is 5.56 Å². The number of benzene rings is 2. The smallest absolute Gasteiger partial charge is 0.341 e. The van der Waals surface area contributed by atoms with Gasteiger partial charge in [0.25, 0.3) is 0 Å². The Labute approximate surface area is 147 Å². The van der Waals surface area contributed by atoms with E-state index < -0.39 is 32.4 Å². The van der Waals surface area contributed by atoms with Crippen molar-refractivity contribution >= 4 is 9.84 Å². The Morgan fingerprint density at radius 2 is 1.88 bits per heavy atom. The molecule has 2 aromatic carbocycles. The molecule has 0 saturated heterocycles. The van der Waals surface area contributed by atoms with Crippen LogP contribution in [0, 0.1) is 5.82 Å². The molecule has 1 atom stereocenters. The first-order valence-electron chi connectivity index (χ1n) is 7.62. The Balaban J connectivity index is 2.08. The zero-order chi connectivity index (χ0) is 19.1. The van der Waals surface area contributed by atoms with Crippen molar-refractivity contribution in [2.24, 2.45) is 0 Å². The number of hydrogen-bond donors (Lipinski definition) is 1. The highest BCUT2D eigenvalue weighted by atomic mass is 32.2. The number of ether oxygens (including phenoxy) is 2. The van der Waals surface area contributed by atoms with Gasteiger partial charge in [-0.3, -0.25) is 0 Å². The number of alkyl halides is 2. The van der Waals surface area contributed by atoms with Gasteiger partial charge in [-0.05, 0) is 25.0 Å². The Morgan fingerprint density at radius 1 is 1.19 bits per heavy atom. The second-order valence-electron chi connectivity index (χ2n) is 5.74. The van der Waals surface area contributed by atoms with Crippen LogP contribution < -0.4 is 9.47 Å². The lowest BCUT2D eigenvalue weighted by molar-refractivity contribution is 0.176. The number of sulfone groups is 1. The summed E-state index contributed by atoms with van der Waals surface area (Å²) in [6.07, 6.45) is -0.780. The van der Waals surface area contributed by atoms with Crippen LogP contribution in [0.1, 0.15) is 23.7 Å². The van der Waals surface area contributed by atoms with E-state index in [1.165, 1.54) is 19.2 Å². The number of hydrogen-bond acceptors (Lipinski definition) is 5. The number of aliphatic hydroxyl groups is 1. The molecule has 1 N–H and O–H groups in total. The second-order valence-corrected chi connectivity index (χ2v) is 7.63. The summed E-state index contributed by atoms with van der Waals surface area (Å²) in [5.41, 5.74) is 0.216. The van der Waals surface area contributed by atoms with Crippen LogP contribution in [0.4, 0.5) is 13.2 Å². The Hall–Kier alpha value is -2.26. The molecule has 0 saturated carbocycles. The predicted molar refractivity (Wildman–Crippen MR) is 85.9 cm³/mol. The molecule has 26 heavy (non-hydrogen) atoms. The normalized spacial score (nSPS) is 16.6. The number of halogens is 3. The van der Waals surface area contributed by atoms with Crippen LogP contribution in [0.5, 0.6) is 17.2 Å². The van der Waals surface area contributed by atoms with Crippen molar-refractivity contribution in [2.75, 3.05) is 7.11 Å². The summed E-state index contributed by atoms with van der Waals surface area (Å²) in [6.45, 7) is 0. The lowest BCUT2D eigenvalue weighted by Crippen LogP contribution is -2.15. The van der Waals surface area contributed by atoms with Crippen molar-refractivity contribution in [2.45, 2.75) is 29.6 Å². The monoisotopic (exact) mass is 388 g/mol. The molecule has 0 amide bonds. The van der Waals surface area contributed by atoms with Crippen LogP contribution in [-0.4, -0.2) is 26.4 Å². The second kappa shape index (κ2) is 6.81. The Bertz CT molecular complexity index is 944. The van der Waals surface area contributed by atoms with Gasteiger partial charge in [-0.15, -0.1) is 0 Å². The third kappa shape index (κ3) is 3.24. The van der Waals surface area contributed by atoms with Gasteiger partial charge >= 0.3 is 5.76 Å². The van der Waals surface area contributed by atoms with Crippen LogP contribution in [0.2, 0.25) is 0 Å². The molecular weight excluding hydrogens is 373 g/mol. The van der Waals surface area contributed by atoms with Crippen molar-refractivity contribution < 1.29 is 36.2 Å². The highest BCUT2D eigenvalue weighted by molar-refractivity contribution is 7.91. The summed E-state index contributed by atoms with van der Waals surface area (Å²) in [5.74, 6) is -3.73. The molecule has 2 aromatic rings. The molecule has 0 fully saturated rings. The minimum Gasteiger partial charge on any atom is -0.497 e. The fourth-order valence-electron chi connectivity index (χ4n) is 2.95. The summed E-state index contributed by atoms with van der Waals surface area (Å²) >= 11 is 0. The summed E-state index contributed by atoms with van der Waals surface area (Å²) in [7, 11) is -3.51. The van der Waals surface area contributed by atoms with Gasteiger partial charge < -0.3 is 14.6 Å². The quantitative estimate of drug-likeness (QED) is 0.847. The van der Waals surface area contributed by atoms with Crippen molar-refractivity contribution in [3.05, 3.63) is 47.3 Å². The van der Waals surface area contributed by atoms with Crippen molar-refractivity contribution in [3.63, 3.8) is 0 Å². The first kappa shape index (κ1) is 18.5. The molecule has 0 heterocycles. The number of fused-ring (bicyclic) bond motifs is 1. The van der Waals surface area contributed by atoms with Crippen molar-refractivity contribution in [1.29, 1.82) is 0 Å². The van der Waals surface area contributed by atoms with Gasteiger partial charge in [0.2, 0.25) is 9.84 Å². The molecule has 1 aliphatic rings. The van der Waals surface area contributed by atoms with Crippen molar-refractivity contribution in [1.82, 2.24) is 0 Å². The van der Waals surface area contributed by atoms with Gasteiger partial charge in [0.15, 0.2) is 0 Å². The Morgan fingerprint density at radius 3 is 2.54 bits per heavy atom. The van der Waals surface area contributed by atoms with Gasteiger partial charge in [0.05, 0.1) is 18.1 Å². The maximum Gasteiger partial charge on any atom is 0.341 e. The molecule has 0 aromatic heterocycles. The topological polar surface area (TPSA) is 72.8 Å². The van der Waals surface area contributed by atoms with Crippen LogP contribution in [0.15, 0.2) is 35.2 Å². The summed E-state index contributed by atoms with van der Waals surface area (Å²) in [6, 6.07) is 5.87. The molecule has 0 aliphatic heterocycles. The van der Waals surface area contributed by atoms with E-state index in [0.717, 1.165) is 18.2 Å². The summed E-state index contributed by atoms with van der Waals surface area (Å²) in [4.78, 5) is -0.614. The minimum atomic E-state index is -4.87. The zero-order valence-corrected chi connectivity index (χ0v) is 14.4. The molecule has 5 nitrogen and oxygen atoms in total. The van der Waals surface area contributed by atoms with Crippen LogP contribution in [0.25, 0.3) is 0 Å². The SMILES string of the molecule is COc1cc(F)cc(Oc2ccc(S(=O)(=O)C(F)F)c3c2CC[C@H]3O)c1. The first-order chi connectivity index (χ1) is 12.2. The number of methoxy groups -OCH3 is 1. The molecule has 0 bridgehead atoms. The van der Waals surface area contributed by atoms with E-state index in [1.54, 1.807) is 0 Å². The number of aliphatic hydroxyl groups excluding tert-OH is 1. The van der Waals surface area contributed by atoms with Crippen molar-refractivity contribution in [3.8, 4) is 17.2 Å². The van der Waals surface area contributed by atoms with Crippen LogP contribution in [-0.2, 0) is 16.3 Å². The molecule has 3 rings (SSSR count). The molecule has 9 heteroatoms. The number of rotatable bonds is 5. The summed E-state index contributed by atoms with van der Waals surface area (Å²) in [5, 5.41) is 10.1. The molecule has 0 unspecified atom stereocenters. The van der Waals surface area contributed by atoms with E-state index in [9.17, 15) is 26.7 Å². The minimum absolute atomic E-state index is 0.0915. The van der Waals surface area contributed by atoms with Gasteiger partial charge in [0, 0.05) is 29.3 Å². The van der Waals surface area contributed by atoms with Crippen LogP contribution in [0.3, 0.4) is 0 Å². The summed E-state index contributed by atoms with van der Waals surface area (Å²) < 4.78 is 73.7. The van der Waals surface area contributed by atoms with Gasteiger partial charge in [-0.1, -0.05) is 0 Å². The van der Waals surface area contributed by atoms with E-state index in [-0.39, 0.29) is 35.7 Å². The molecular formula is C17H15F3O5S. The van der Waals surface area contributed by atoms with E-state index in [4.69, 9.17) is 9.47 Å². The lowest BCUT2D eigenvalue weighted by Gasteiger charge is -2.16. The largest absolute Gasteiger partial charge is 0.497 e. The standard InChI is InChI=1S/C17H15F3O5S/c1-24-10-6-9(18)7-11(8-10)25-14-4-5-15(26(22,23)17(19)20)16-12(14)2-3-13(16)21/h4-8,13,17,21H,2-3H2,1H3/t13-/m1/s1. The maximum absolute atomic E-state index is 13.6. The maximum atomic E-state index is 13.6. The Kier molecular flexibility index (Phi) is 4.85. The highest BCUT2D eigenvalue weighted by Gasteiger charge is 2.36. The van der Waals surface area contributed by atoms with E-state index in [1.807, 2.05) is 0 Å². The van der Waals surface area contributed by atoms with Gasteiger partial charge in [-0.25, -0.2) is 12.8 Å². The fourth-order valence-corrected chi connectivity index (χ4v) is 3.97. The molecule has 140 valence electrons. The van der Waals surface area contributed by atoms with E-state index >= 15 is 0 Å². The highest BCUT2D eigenvalue weighted by Crippen LogP contribution is 2.43. The van der Waals surface area contributed by atoms with Crippen LogP contribution >= 0.6 is 0 Å². The first-order valence-corrected chi connectivity index (χ1v) is 9.17. The third-order valence-electron chi connectivity index (χ3n) is 4.12. The average molecular weight is 388 g/mol. The molecule has 0 spiro atoms. The average Bonchev–Trinajstić information content (AvgIpc) is 2.96.